The highest BCUT2D eigenvalue weighted by atomic mass is 16.4. The molecule has 0 aliphatic carbocycles. The van der Waals surface area contributed by atoms with Gasteiger partial charge in [-0.05, 0) is 37.5 Å². The predicted molar refractivity (Wildman–Crippen MR) is 102 cm³/mol. The topological polar surface area (TPSA) is 91.6 Å². The van der Waals surface area contributed by atoms with Crippen LogP contribution in [-0.2, 0) is 9.59 Å². The van der Waals surface area contributed by atoms with E-state index in [4.69, 9.17) is 4.42 Å². The van der Waals surface area contributed by atoms with Crippen LogP contribution in [-0.4, -0.2) is 41.9 Å². The molecule has 27 heavy (non-hydrogen) atoms. The fourth-order valence-corrected chi connectivity index (χ4v) is 4.44. The highest BCUT2D eigenvalue weighted by molar-refractivity contribution is 5.96. The van der Waals surface area contributed by atoms with Gasteiger partial charge in [0.05, 0.1) is 12.5 Å². The Morgan fingerprint density at radius 3 is 2.93 bits per heavy atom. The van der Waals surface area contributed by atoms with Crippen molar-refractivity contribution in [3.8, 4) is 0 Å². The molecule has 0 spiro atoms. The molecule has 3 atom stereocenters. The van der Waals surface area contributed by atoms with E-state index in [2.05, 4.69) is 10.6 Å². The SMILES string of the molecule is CC[C@@H]1[C@H](C(=O)Nc2ccc3c(C)cc(=O)oc3c2)C[C@@H]2CNCC(=O)N21. The van der Waals surface area contributed by atoms with Gasteiger partial charge in [-0.25, -0.2) is 4.79 Å². The molecule has 2 fully saturated rings. The summed E-state index contributed by atoms with van der Waals surface area (Å²) < 4.78 is 5.26. The average molecular weight is 369 g/mol. The molecular formula is C20H23N3O4. The molecule has 2 aliphatic heterocycles. The van der Waals surface area contributed by atoms with Crippen LogP contribution in [0.15, 0.2) is 33.5 Å². The molecule has 4 rings (SSSR count). The lowest BCUT2D eigenvalue weighted by atomic mass is 9.96. The van der Waals surface area contributed by atoms with Gasteiger partial charge in [0.2, 0.25) is 11.8 Å². The molecule has 0 saturated carbocycles. The minimum atomic E-state index is -0.409. The van der Waals surface area contributed by atoms with Gasteiger partial charge in [-0.2, -0.15) is 0 Å². The fraction of sp³-hybridized carbons (Fsp3) is 0.450. The van der Waals surface area contributed by atoms with Gasteiger partial charge in [0.15, 0.2) is 0 Å². The standard InChI is InChI=1S/C20H23N3O4/c1-3-16-15(8-13-9-21-10-18(24)23(13)16)20(26)22-12-4-5-14-11(2)6-19(25)27-17(14)7-12/h4-7,13,15-16,21H,3,8-10H2,1-2H3,(H,22,26)/t13-,15-,16-/m1/s1. The molecule has 7 nitrogen and oxygen atoms in total. The van der Waals surface area contributed by atoms with Crippen LogP contribution in [0.5, 0.6) is 0 Å². The molecule has 3 heterocycles. The molecule has 2 amide bonds. The Labute approximate surface area is 156 Å². The summed E-state index contributed by atoms with van der Waals surface area (Å²) >= 11 is 0. The minimum absolute atomic E-state index is 0.0661. The van der Waals surface area contributed by atoms with E-state index in [9.17, 15) is 14.4 Å². The number of anilines is 1. The number of hydrogen-bond acceptors (Lipinski definition) is 5. The minimum Gasteiger partial charge on any atom is -0.423 e. The molecule has 142 valence electrons. The largest absolute Gasteiger partial charge is 0.423 e. The summed E-state index contributed by atoms with van der Waals surface area (Å²) in [6, 6.07) is 6.77. The monoisotopic (exact) mass is 369 g/mol. The number of benzene rings is 1. The van der Waals surface area contributed by atoms with Gasteiger partial charge in [0.25, 0.3) is 0 Å². The molecule has 2 saturated heterocycles. The molecular weight excluding hydrogens is 346 g/mol. The highest BCUT2D eigenvalue weighted by Crippen LogP contribution is 2.34. The second kappa shape index (κ2) is 6.81. The van der Waals surface area contributed by atoms with Crippen molar-refractivity contribution in [1.82, 2.24) is 10.2 Å². The lowest BCUT2D eigenvalue weighted by molar-refractivity contribution is -0.135. The third-order valence-electron chi connectivity index (χ3n) is 5.66. The molecule has 1 aromatic carbocycles. The Balaban J connectivity index is 1.57. The van der Waals surface area contributed by atoms with E-state index in [-0.39, 0.29) is 29.8 Å². The summed E-state index contributed by atoms with van der Waals surface area (Å²) in [6.45, 7) is 4.93. The van der Waals surface area contributed by atoms with E-state index in [1.807, 2.05) is 30.9 Å². The zero-order chi connectivity index (χ0) is 19.1. The number of aryl methyl sites for hydroxylation is 1. The van der Waals surface area contributed by atoms with Crippen molar-refractivity contribution in [2.24, 2.45) is 5.92 Å². The van der Waals surface area contributed by atoms with Gasteiger partial charge in [-0.15, -0.1) is 0 Å². The summed E-state index contributed by atoms with van der Waals surface area (Å²) in [5.41, 5.74) is 1.47. The summed E-state index contributed by atoms with van der Waals surface area (Å²) in [7, 11) is 0. The second-order valence-corrected chi connectivity index (χ2v) is 7.35. The van der Waals surface area contributed by atoms with Crippen LogP contribution in [0.2, 0.25) is 0 Å². The second-order valence-electron chi connectivity index (χ2n) is 7.35. The van der Waals surface area contributed by atoms with Crippen LogP contribution < -0.4 is 16.3 Å². The molecule has 2 aliphatic rings. The molecule has 7 heteroatoms. The smallest absolute Gasteiger partial charge is 0.336 e. The number of amides is 2. The molecule has 2 N–H and O–H groups in total. The summed E-state index contributed by atoms with van der Waals surface area (Å²) in [6.07, 6.45) is 1.40. The lowest BCUT2D eigenvalue weighted by Gasteiger charge is -2.34. The van der Waals surface area contributed by atoms with Gasteiger partial charge < -0.3 is 20.0 Å². The van der Waals surface area contributed by atoms with E-state index in [0.29, 0.717) is 24.2 Å². The summed E-state index contributed by atoms with van der Waals surface area (Å²) in [5, 5.41) is 6.91. The Kier molecular flexibility index (Phi) is 4.47. The first-order valence-corrected chi connectivity index (χ1v) is 9.35. The number of carbonyl (C=O) groups excluding carboxylic acids is 2. The van der Waals surface area contributed by atoms with Crippen molar-refractivity contribution in [1.29, 1.82) is 0 Å². The van der Waals surface area contributed by atoms with Crippen LogP contribution in [0.4, 0.5) is 5.69 Å². The first-order chi connectivity index (χ1) is 13.0. The number of carbonyl (C=O) groups is 2. The zero-order valence-electron chi connectivity index (χ0n) is 15.5. The first kappa shape index (κ1) is 17.7. The van der Waals surface area contributed by atoms with E-state index >= 15 is 0 Å². The number of fused-ring (bicyclic) bond motifs is 2. The Bertz CT molecular complexity index is 967. The van der Waals surface area contributed by atoms with Crippen LogP contribution in [0.25, 0.3) is 11.0 Å². The molecule has 2 aromatic rings. The Morgan fingerprint density at radius 2 is 2.15 bits per heavy atom. The van der Waals surface area contributed by atoms with Crippen LogP contribution in [0, 0.1) is 12.8 Å². The van der Waals surface area contributed by atoms with Gasteiger partial charge in [-0.3, -0.25) is 9.59 Å². The predicted octanol–water partition coefficient (Wildman–Crippen LogP) is 1.64. The van der Waals surface area contributed by atoms with E-state index in [1.54, 1.807) is 6.07 Å². The number of nitrogens with zero attached hydrogens (tertiary/aromatic N) is 1. The molecule has 0 unspecified atom stereocenters. The molecule has 0 bridgehead atoms. The van der Waals surface area contributed by atoms with Crippen molar-refractivity contribution < 1.29 is 14.0 Å². The summed E-state index contributed by atoms with van der Waals surface area (Å²) in [4.78, 5) is 38.7. The van der Waals surface area contributed by atoms with Gasteiger partial charge in [-0.1, -0.05) is 6.92 Å². The van der Waals surface area contributed by atoms with Crippen LogP contribution in [0.3, 0.4) is 0 Å². The van der Waals surface area contributed by atoms with Crippen molar-refractivity contribution in [3.05, 3.63) is 40.2 Å². The third-order valence-corrected chi connectivity index (χ3v) is 5.66. The third kappa shape index (κ3) is 3.12. The quantitative estimate of drug-likeness (QED) is 0.803. The van der Waals surface area contributed by atoms with Crippen molar-refractivity contribution in [2.45, 2.75) is 38.8 Å². The fourth-order valence-electron chi connectivity index (χ4n) is 4.44. The highest BCUT2D eigenvalue weighted by Gasteiger charge is 2.47. The molecule has 1 aromatic heterocycles. The van der Waals surface area contributed by atoms with Crippen molar-refractivity contribution in [2.75, 3.05) is 18.4 Å². The van der Waals surface area contributed by atoms with E-state index in [0.717, 1.165) is 23.9 Å². The lowest BCUT2D eigenvalue weighted by Crippen LogP contribution is -2.54. The number of nitrogens with one attached hydrogen (secondary N) is 2. The first-order valence-electron chi connectivity index (χ1n) is 9.35. The van der Waals surface area contributed by atoms with Crippen molar-refractivity contribution in [3.63, 3.8) is 0 Å². The maximum absolute atomic E-state index is 12.9. The van der Waals surface area contributed by atoms with Crippen molar-refractivity contribution >= 4 is 28.5 Å². The summed E-state index contributed by atoms with van der Waals surface area (Å²) in [5.74, 6) is -0.279. The number of piperazine rings is 1. The maximum atomic E-state index is 12.9. The van der Waals surface area contributed by atoms with Crippen LogP contribution in [0.1, 0.15) is 25.3 Å². The molecule has 0 radical (unpaired) electrons. The zero-order valence-corrected chi connectivity index (χ0v) is 15.5. The number of rotatable bonds is 3. The van der Waals surface area contributed by atoms with E-state index in [1.165, 1.54) is 6.07 Å². The Hall–Kier alpha value is -2.67. The van der Waals surface area contributed by atoms with Crippen LogP contribution >= 0.6 is 0 Å². The maximum Gasteiger partial charge on any atom is 0.336 e. The van der Waals surface area contributed by atoms with E-state index < -0.39 is 5.63 Å². The average Bonchev–Trinajstić information content (AvgIpc) is 3.01. The Morgan fingerprint density at radius 1 is 1.33 bits per heavy atom. The van der Waals surface area contributed by atoms with Gasteiger partial charge >= 0.3 is 5.63 Å². The number of hydrogen-bond donors (Lipinski definition) is 2. The van der Waals surface area contributed by atoms with Gasteiger partial charge in [0.1, 0.15) is 5.58 Å². The normalized spacial score (nSPS) is 24.9. The van der Waals surface area contributed by atoms with Gasteiger partial charge in [0, 0.05) is 41.8 Å².